The molecule has 2 heterocycles. The van der Waals surface area contributed by atoms with Crippen LogP contribution in [0.3, 0.4) is 0 Å². The van der Waals surface area contributed by atoms with Crippen LogP contribution in [0, 0.1) is 24.2 Å². The van der Waals surface area contributed by atoms with Crippen molar-refractivity contribution in [3.8, 4) is 0 Å². The Bertz CT molecular complexity index is 691. The fraction of sp³-hybridized carbons (Fsp3) is 0.643. The van der Waals surface area contributed by atoms with E-state index < -0.39 is 16.0 Å². The number of aryl methyl sites for hydroxylation is 1. The van der Waals surface area contributed by atoms with Crippen molar-refractivity contribution in [2.45, 2.75) is 25.7 Å². The van der Waals surface area contributed by atoms with E-state index in [2.05, 4.69) is 13.8 Å². The Balaban J connectivity index is 1.94. The van der Waals surface area contributed by atoms with Crippen molar-refractivity contribution in [3.63, 3.8) is 0 Å². The van der Waals surface area contributed by atoms with Gasteiger partial charge in [0.05, 0.1) is 7.11 Å². The lowest BCUT2D eigenvalue weighted by atomic mass is 10.1. The number of ether oxygens (including phenoxy) is 1. The molecule has 0 bridgehead atoms. The van der Waals surface area contributed by atoms with Crippen LogP contribution in [-0.4, -0.2) is 38.9 Å². The quantitative estimate of drug-likeness (QED) is 0.797. The van der Waals surface area contributed by atoms with Gasteiger partial charge in [0.15, 0.2) is 0 Å². The van der Waals surface area contributed by atoms with E-state index >= 15 is 0 Å². The molecule has 2 unspecified atom stereocenters. The monoisotopic (exact) mass is 329 g/mol. The molecule has 0 spiro atoms. The van der Waals surface area contributed by atoms with Crippen LogP contribution in [0.2, 0.25) is 0 Å². The van der Waals surface area contributed by atoms with E-state index in [4.69, 9.17) is 4.74 Å². The zero-order chi connectivity index (χ0) is 15.6. The first-order valence-electron chi connectivity index (χ1n) is 6.87. The standard InChI is InChI=1S/C14H19NO4S2/c1-8-7-20-11(13(16)19-4)12(8)21(17,18)15-5-9-10(6-15)14(9,2)3/h7,9-10H,5-6H2,1-4H3. The van der Waals surface area contributed by atoms with Crippen LogP contribution in [0.1, 0.15) is 29.1 Å². The molecular weight excluding hydrogens is 310 g/mol. The molecule has 7 heteroatoms. The Kier molecular flexibility index (Phi) is 3.24. The summed E-state index contributed by atoms with van der Waals surface area (Å²) in [5.74, 6) is 0.289. The molecule has 2 aliphatic rings. The molecule has 0 amide bonds. The average molecular weight is 329 g/mol. The molecule has 1 aliphatic carbocycles. The lowest BCUT2D eigenvalue weighted by Crippen LogP contribution is -2.33. The molecule has 1 saturated carbocycles. The van der Waals surface area contributed by atoms with Crippen LogP contribution in [-0.2, 0) is 14.8 Å². The van der Waals surface area contributed by atoms with Gasteiger partial charge < -0.3 is 4.74 Å². The molecule has 1 aromatic heterocycles. The third kappa shape index (κ3) is 2.05. The zero-order valence-electron chi connectivity index (χ0n) is 12.5. The SMILES string of the molecule is COC(=O)c1scc(C)c1S(=O)(=O)N1CC2C(C1)C2(C)C. The number of hydrogen-bond acceptors (Lipinski definition) is 5. The largest absolute Gasteiger partial charge is 0.465 e. The Morgan fingerprint density at radius 3 is 2.48 bits per heavy atom. The molecule has 21 heavy (non-hydrogen) atoms. The van der Waals surface area contributed by atoms with Gasteiger partial charge in [-0.25, -0.2) is 13.2 Å². The maximum atomic E-state index is 12.9. The lowest BCUT2D eigenvalue weighted by molar-refractivity contribution is 0.0602. The summed E-state index contributed by atoms with van der Waals surface area (Å²) in [7, 11) is -2.36. The van der Waals surface area contributed by atoms with Crippen LogP contribution in [0.15, 0.2) is 10.3 Å². The van der Waals surface area contributed by atoms with Gasteiger partial charge in [-0.15, -0.1) is 11.3 Å². The minimum Gasteiger partial charge on any atom is -0.465 e. The van der Waals surface area contributed by atoms with Gasteiger partial charge in [0.25, 0.3) is 0 Å². The van der Waals surface area contributed by atoms with Crippen molar-refractivity contribution in [1.82, 2.24) is 4.31 Å². The molecule has 1 aliphatic heterocycles. The van der Waals surface area contributed by atoms with E-state index in [9.17, 15) is 13.2 Å². The van der Waals surface area contributed by atoms with Crippen LogP contribution in [0.4, 0.5) is 0 Å². The van der Waals surface area contributed by atoms with E-state index in [-0.39, 0.29) is 15.2 Å². The van der Waals surface area contributed by atoms with Crippen LogP contribution in [0.25, 0.3) is 0 Å². The molecule has 0 N–H and O–H groups in total. The van der Waals surface area contributed by atoms with Crippen molar-refractivity contribution in [1.29, 1.82) is 0 Å². The van der Waals surface area contributed by atoms with E-state index in [0.717, 1.165) is 11.3 Å². The first-order valence-corrected chi connectivity index (χ1v) is 9.19. The summed E-state index contributed by atoms with van der Waals surface area (Å²) in [6.07, 6.45) is 0. The molecule has 116 valence electrons. The summed E-state index contributed by atoms with van der Waals surface area (Å²) in [5, 5.41) is 1.69. The number of carbonyl (C=O) groups is 1. The second-order valence-corrected chi connectivity index (χ2v) is 9.18. The van der Waals surface area contributed by atoms with E-state index in [0.29, 0.717) is 30.5 Å². The number of sulfonamides is 1. The van der Waals surface area contributed by atoms with E-state index in [1.807, 2.05) is 0 Å². The van der Waals surface area contributed by atoms with Crippen LogP contribution < -0.4 is 0 Å². The molecule has 0 radical (unpaired) electrons. The van der Waals surface area contributed by atoms with Crippen molar-refractivity contribution < 1.29 is 17.9 Å². The number of esters is 1. The third-order valence-corrected chi connectivity index (χ3v) is 8.20. The maximum absolute atomic E-state index is 12.9. The van der Waals surface area contributed by atoms with Gasteiger partial charge >= 0.3 is 5.97 Å². The highest BCUT2D eigenvalue weighted by molar-refractivity contribution is 7.89. The Morgan fingerprint density at radius 1 is 1.38 bits per heavy atom. The third-order valence-electron chi connectivity index (χ3n) is 4.98. The number of piperidine rings is 1. The van der Waals surface area contributed by atoms with Crippen molar-refractivity contribution in [2.75, 3.05) is 20.2 Å². The second-order valence-electron chi connectivity index (χ2n) is 6.42. The Hall–Kier alpha value is -0.920. The number of nitrogens with zero attached hydrogens (tertiary/aromatic N) is 1. The highest BCUT2D eigenvalue weighted by atomic mass is 32.2. The summed E-state index contributed by atoms with van der Waals surface area (Å²) in [4.78, 5) is 12.1. The molecule has 5 nitrogen and oxygen atoms in total. The summed E-state index contributed by atoms with van der Waals surface area (Å²) in [6, 6.07) is 0. The van der Waals surface area contributed by atoms with Gasteiger partial charge in [0.2, 0.25) is 10.0 Å². The molecule has 1 saturated heterocycles. The molecule has 1 aromatic rings. The molecule has 2 atom stereocenters. The number of thiophene rings is 1. The second kappa shape index (κ2) is 4.54. The highest BCUT2D eigenvalue weighted by Gasteiger charge is 2.63. The zero-order valence-corrected chi connectivity index (χ0v) is 14.2. The van der Waals surface area contributed by atoms with E-state index in [1.54, 1.807) is 12.3 Å². The Morgan fingerprint density at radius 2 is 1.95 bits per heavy atom. The molecule has 2 fully saturated rings. The summed E-state index contributed by atoms with van der Waals surface area (Å²) in [5.41, 5.74) is 0.862. The molecule has 3 rings (SSSR count). The number of carbonyl (C=O) groups excluding carboxylic acids is 1. The average Bonchev–Trinajstić information content (AvgIpc) is 2.87. The van der Waals surface area contributed by atoms with Gasteiger partial charge in [-0.05, 0) is 35.1 Å². The number of hydrogen-bond donors (Lipinski definition) is 0. The summed E-state index contributed by atoms with van der Waals surface area (Å²) >= 11 is 1.13. The predicted molar refractivity (Wildman–Crippen MR) is 79.9 cm³/mol. The fourth-order valence-corrected chi connectivity index (χ4v) is 6.56. The van der Waals surface area contributed by atoms with Crippen LogP contribution >= 0.6 is 11.3 Å². The fourth-order valence-electron chi connectivity index (χ4n) is 3.41. The van der Waals surface area contributed by atoms with E-state index in [1.165, 1.54) is 11.4 Å². The summed E-state index contributed by atoms with van der Waals surface area (Å²) < 4.78 is 31.9. The predicted octanol–water partition coefficient (Wildman–Crippen LogP) is 2.12. The van der Waals surface area contributed by atoms with Crippen LogP contribution in [0.5, 0.6) is 0 Å². The number of fused-ring (bicyclic) bond motifs is 1. The first-order chi connectivity index (χ1) is 9.71. The van der Waals surface area contributed by atoms with Gasteiger partial charge in [-0.2, -0.15) is 4.31 Å². The van der Waals surface area contributed by atoms with Crippen molar-refractivity contribution in [2.24, 2.45) is 17.3 Å². The van der Waals surface area contributed by atoms with Gasteiger partial charge in [-0.3, -0.25) is 0 Å². The van der Waals surface area contributed by atoms with Crippen molar-refractivity contribution >= 4 is 27.3 Å². The lowest BCUT2D eigenvalue weighted by Gasteiger charge is -2.22. The first kappa shape index (κ1) is 15.0. The highest BCUT2D eigenvalue weighted by Crippen LogP contribution is 2.62. The minimum absolute atomic E-state index is 0.124. The Labute approximate surface area is 129 Å². The normalized spacial score (nSPS) is 27.4. The smallest absolute Gasteiger partial charge is 0.349 e. The number of rotatable bonds is 3. The topological polar surface area (TPSA) is 63.7 Å². The van der Waals surface area contributed by atoms with Crippen molar-refractivity contribution in [3.05, 3.63) is 15.8 Å². The molecular formula is C14H19NO4S2. The number of methoxy groups -OCH3 is 1. The maximum Gasteiger partial charge on any atom is 0.349 e. The van der Waals surface area contributed by atoms with Gasteiger partial charge in [0, 0.05) is 13.1 Å². The minimum atomic E-state index is -3.62. The summed E-state index contributed by atoms with van der Waals surface area (Å²) in [6.45, 7) is 7.19. The van der Waals surface area contributed by atoms with Gasteiger partial charge in [-0.1, -0.05) is 13.8 Å². The molecule has 0 aromatic carbocycles. The van der Waals surface area contributed by atoms with Gasteiger partial charge in [0.1, 0.15) is 9.77 Å².